The summed E-state index contributed by atoms with van der Waals surface area (Å²) in [7, 11) is 3.28. The standard InChI is InChI=1S/C15H23NO2/c1-11(2)12-6-8-13(9-7-12)15(3,16-4)10-14(17)18-5/h6-9,11,16H,10H2,1-5H3. The van der Waals surface area contributed by atoms with Crippen LogP contribution in [0.1, 0.15) is 44.2 Å². The van der Waals surface area contributed by atoms with Crippen LogP contribution in [0.3, 0.4) is 0 Å². The van der Waals surface area contributed by atoms with E-state index in [9.17, 15) is 4.79 Å². The van der Waals surface area contributed by atoms with E-state index < -0.39 is 0 Å². The fourth-order valence-electron chi connectivity index (χ4n) is 1.93. The first kappa shape index (κ1) is 14.7. The zero-order valence-electron chi connectivity index (χ0n) is 11.9. The number of benzene rings is 1. The van der Waals surface area contributed by atoms with Gasteiger partial charge in [-0.25, -0.2) is 0 Å². The molecule has 0 bridgehead atoms. The maximum Gasteiger partial charge on any atom is 0.307 e. The summed E-state index contributed by atoms with van der Waals surface area (Å²) >= 11 is 0. The van der Waals surface area contributed by atoms with Crippen molar-refractivity contribution in [3.05, 3.63) is 35.4 Å². The van der Waals surface area contributed by atoms with E-state index in [0.29, 0.717) is 12.3 Å². The molecule has 1 unspecified atom stereocenters. The molecule has 1 aromatic rings. The van der Waals surface area contributed by atoms with Crippen LogP contribution in [0.25, 0.3) is 0 Å². The lowest BCUT2D eigenvalue weighted by Crippen LogP contribution is -2.39. The van der Waals surface area contributed by atoms with Gasteiger partial charge in [0, 0.05) is 0 Å². The monoisotopic (exact) mass is 249 g/mol. The molecular weight excluding hydrogens is 226 g/mol. The van der Waals surface area contributed by atoms with Crippen LogP contribution in [0, 0.1) is 0 Å². The molecule has 3 heteroatoms. The Morgan fingerprint density at radius 3 is 2.28 bits per heavy atom. The van der Waals surface area contributed by atoms with Crippen molar-refractivity contribution in [3.63, 3.8) is 0 Å². The molecule has 18 heavy (non-hydrogen) atoms. The predicted molar refractivity (Wildman–Crippen MR) is 73.6 cm³/mol. The highest BCUT2D eigenvalue weighted by Crippen LogP contribution is 2.26. The molecule has 0 amide bonds. The summed E-state index contributed by atoms with van der Waals surface area (Å²) in [5.41, 5.74) is 2.01. The molecule has 0 aliphatic carbocycles. The molecule has 1 rings (SSSR count). The third-order valence-corrected chi connectivity index (χ3v) is 3.49. The second-order valence-electron chi connectivity index (χ2n) is 5.11. The Balaban J connectivity index is 2.97. The average Bonchev–Trinajstić information content (AvgIpc) is 2.38. The molecule has 0 heterocycles. The van der Waals surface area contributed by atoms with Gasteiger partial charge in [-0.1, -0.05) is 38.1 Å². The highest BCUT2D eigenvalue weighted by molar-refractivity contribution is 5.71. The van der Waals surface area contributed by atoms with Gasteiger partial charge in [0.2, 0.25) is 0 Å². The molecule has 3 nitrogen and oxygen atoms in total. The molecule has 1 aromatic carbocycles. The minimum absolute atomic E-state index is 0.209. The summed E-state index contributed by atoms with van der Waals surface area (Å²) in [6.07, 6.45) is 0.320. The van der Waals surface area contributed by atoms with E-state index >= 15 is 0 Å². The fraction of sp³-hybridized carbons (Fsp3) is 0.533. The summed E-state index contributed by atoms with van der Waals surface area (Å²) in [5.74, 6) is 0.306. The first-order valence-electron chi connectivity index (χ1n) is 6.29. The van der Waals surface area contributed by atoms with Crippen LogP contribution in [0.4, 0.5) is 0 Å². The van der Waals surface area contributed by atoms with E-state index in [-0.39, 0.29) is 11.5 Å². The molecule has 0 saturated heterocycles. The van der Waals surface area contributed by atoms with Crippen molar-refractivity contribution in [1.29, 1.82) is 0 Å². The van der Waals surface area contributed by atoms with E-state index in [4.69, 9.17) is 4.74 Å². The van der Waals surface area contributed by atoms with Gasteiger partial charge in [-0.15, -0.1) is 0 Å². The fourth-order valence-corrected chi connectivity index (χ4v) is 1.93. The zero-order valence-corrected chi connectivity index (χ0v) is 11.9. The molecular formula is C15H23NO2. The van der Waals surface area contributed by atoms with Gasteiger partial charge in [0.1, 0.15) is 0 Å². The summed E-state index contributed by atoms with van der Waals surface area (Å²) < 4.78 is 4.75. The molecule has 0 radical (unpaired) electrons. The third-order valence-electron chi connectivity index (χ3n) is 3.49. The van der Waals surface area contributed by atoms with Crippen molar-refractivity contribution in [2.45, 2.75) is 38.6 Å². The molecule has 0 aromatic heterocycles. The van der Waals surface area contributed by atoms with Gasteiger partial charge in [0.05, 0.1) is 19.1 Å². The Kier molecular flexibility index (Phi) is 4.91. The van der Waals surface area contributed by atoms with Crippen LogP contribution in [0.2, 0.25) is 0 Å². The maximum atomic E-state index is 11.5. The van der Waals surface area contributed by atoms with E-state index in [1.54, 1.807) is 0 Å². The van der Waals surface area contributed by atoms with E-state index in [2.05, 4.69) is 43.4 Å². The number of hydrogen-bond acceptors (Lipinski definition) is 3. The zero-order chi connectivity index (χ0) is 13.8. The minimum atomic E-state index is -0.386. The minimum Gasteiger partial charge on any atom is -0.469 e. The Labute approximate surface area is 110 Å². The van der Waals surface area contributed by atoms with Crippen LogP contribution in [0.15, 0.2) is 24.3 Å². The largest absolute Gasteiger partial charge is 0.469 e. The van der Waals surface area contributed by atoms with Crippen LogP contribution in [0.5, 0.6) is 0 Å². The Morgan fingerprint density at radius 2 is 1.89 bits per heavy atom. The first-order valence-corrected chi connectivity index (χ1v) is 6.29. The number of hydrogen-bond donors (Lipinski definition) is 1. The average molecular weight is 249 g/mol. The second kappa shape index (κ2) is 6.01. The molecule has 0 spiro atoms. The lowest BCUT2D eigenvalue weighted by atomic mass is 9.87. The van der Waals surface area contributed by atoms with Crippen LogP contribution in [-0.4, -0.2) is 20.1 Å². The molecule has 100 valence electrons. The van der Waals surface area contributed by atoms with Crippen molar-refractivity contribution in [2.24, 2.45) is 0 Å². The number of nitrogens with one attached hydrogen (secondary N) is 1. The molecule has 0 saturated carbocycles. The summed E-state index contributed by atoms with van der Waals surface area (Å²) in [4.78, 5) is 11.5. The number of rotatable bonds is 5. The predicted octanol–water partition coefficient (Wildman–Crippen LogP) is 2.81. The highest BCUT2D eigenvalue weighted by Gasteiger charge is 2.28. The summed E-state index contributed by atoms with van der Waals surface area (Å²) in [6.45, 7) is 6.34. The Hall–Kier alpha value is -1.35. The van der Waals surface area contributed by atoms with Gasteiger partial charge in [-0.3, -0.25) is 4.79 Å². The van der Waals surface area contributed by atoms with Gasteiger partial charge in [-0.2, -0.15) is 0 Å². The topological polar surface area (TPSA) is 38.3 Å². The lowest BCUT2D eigenvalue weighted by molar-refractivity contribution is -0.142. The van der Waals surface area contributed by atoms with E-state index in [1.165, 1.54) is 12.7 Å². The Morgan fingerprint density at radius 1 is 1.33 bits per heavy atom. The van der Waals surface area contributed by atoms with Crippen molar-refractivity contribution in [3.8, 4) is 0 Å². The van der Waals surface area contributed by atoms with Crippen LogP contribution in [-0.2, 0) is 15.1 Å². The van der Waals surface area contributed by atoms with Crippen LogP contribution >= 0.6 is 0 Å². The first-order chi connectivity index (χ1) is 8.42. The van der Waals surface area contributed by atoms with Crippen molar-refractivity contribution in [1.82, 2.24) is 5.32 Å². The number of carbonyl (C=O) groups is 1. The number of methoxy groups -OCH3 is 1. The van der Waals surface area contributed by atoms with Gasteiger partial charge in [0.15, 0.2) is 0 Å². The quantitative estimate of drug-likeness (QED) is 0.815. The number of esters is 1. The van der Waals surface area contributed by atoms with Crippen molar-refractivity contribution < 1.29 is 9.53 Å². The molecule has 1 atom stereocenters. The lowest BCUT2D eigenvalue weighted by Gasteiger charge is -2.29. The summed E-state index contributed by atoms with van der Waals surface area (Å²) in [5, 5.41) is 3.21. The van der Waals surface area contributed by atoms with Crippen LogP contribution < -0.4 is 5.32 Å². The molecule has 1 N–H and O–H groups in total. The Bertz CT molecular complexity index is 397. The number of ether oxygens (including phenoxy) is 1. The van der Waals surface area contributed by atoms with Gasteiger partial charge in [-0.05, 0) is 31.0 Å². The van der Waals surface area contributed by atoms with Gasteiger partial charge >= 0.3 is 5.97 Å². The normalized spacial score (nSPS) is 14.3. The third kappa shape index (κ3) is 3.33. The molecule has 0 aliphatic heterocycles. The second-order valence-corrected chi connectivity index (χ2v) is 5.11. The maximum absolute atomic E-state index is 11.5. The molecule has 0 fully saturated rings. The summed E-state index contributed by atoms with van der Waals surface area (Å²) in [6, 6.07) is 8.39. The van der Waals surface area contributed by atoms with Crippen molar-refractivity contribution >= 4 is 5.97 Å². The van der Waals surface area contributed by atoms with Gasteiger partial charge in [0.25, 0.3) is 0 Å². The smallest absolute Gasteiger partial charge is 0.307 e. The van der Waals surface area contributed by atoms with E-state index in [1.807, 2.05) is 14.0 Å². The molecule has 0 aliphatic rings. The van der Waals surface area contributed by atoms with E-state index in [0.717, 1.165) is 5.56 Å². The number of carbonyl (C=O) groups excluding carboxylic acids is 1. The van der Waals surface area contributed by atoms with Gasteiger partial charge < -0.3 is 10.1 Å². The highest BCUT2D eigenvalue weighted by atomic mass is 16.5. The van der Waals surface area contributed by atoms with Crippen molar-refractivity contribution in [2.75, 3.05) is 14.2 Å². The SMILES string of the molecule is CNC(C)(CC(=O)OC)c1ccc(C(C)C)cc1.